The Morgan fingerprint density at radius 2 is 1.88 bits per heavy atom. The number of carbonyl (C=O) groups excluding carboxylic acids is 1. The van der Waals surface area contributed by atoms with Crippen LogP contribution in [-0.2, 0) is 16.6 Å². The largest absolute Gasteiger partial charge is 0.454 e. The second-order valence-corrected chi connectivity index (χ2v) is 8.78. The van der Waals surface area contributed by atoms with Gasteiger partial charge >= 0.3 is 0 Å². The highest BCUT2D eigenvalue weighted by molar-refractivity contribution is 5.76. The van der Waals surface area contributed by atoms with E-state index in [0.717, 1.165) is 37.2 Å². The molecule has 5 rings (SSSR count). The van der Waals surface area contributed by atoms with Crippen molar-refractivity contribution >= 4 is 5.91 Å². The lowest BCUT2D eigenvalue weighted by molar-refractivity contribution is -0.121. The maximum Gasteiger partial charge on any atom is 0.231 e. The molecule has 0 radical (unpaired) electrons. The average molecular weight is 451 g/mol. The van der Waals surface area contributed by atoms with Crippen molar-refractivity contribution in [3.8, 4) is 22.8 Å². The highest BCUT2D eigenvalue weighted by Gasteiger charge is 2.35. The minimum absolute atomic E-state index is 0.0497. The summed E-state index contributed by atoms with van der Waals surface area (Å²) < 4.78 is 30.7. The molecule has 0 unspecified atom stereocenters. The van der Waals surface area contributed by atoms with Crippen molar-refractivity contribution in [2.45, 2.75) is 50.4 Å². The maximum absolute atomic E-state index is 14.0. The van der Waals surface area contributed by atoms with Crippen LogP contribution in [0.1, 0.15) is 50.0 Å². The van der Waals surface area contributed by atoms with Gasteiger partial charge in [-0.15, -0.1) is 0 Å². The summed E-state index contributed by atoms with van der Waals surface area (Å²) in [5.74, 6) is 1.93. The first kappa shape index (κ1) is 21.5. The summed E-state index contributed by atoms with van der Waals surface area (Å²) in [5.41, 5.74) is 1.45. The van der Waals surface area contributed by atoms with E-state index in [9.17, 15) is 9.18 Å². The van der Waals surface area contributed by atoms with E-state index in [1.165, 1.54) is 24.2 Å². The molecular weight excluding hydrogens is 423 g/mol. The molecule has 2 aromatic carbocycles. The Bertz CT molecular complexity index is 1140. The number of fused-ring (bicyclic) bond motifs is 1. The number of nitrogens with one attached hydrogen (secondary N) is 1. The van der Waals surface area contributed by atoms with Crippen LogP contribution in [0.3, 0.4) is 0 Å². The summed E-state index contributed by atoms with van der Waals surface area (Å²) in [5, 5.41) is 3.14. The van der Waals surface area contributed by atoms with Gasteiger partial charge in [0.25, 0.3) is 0 Å². The number of hydrogen-bond acceptors (Lipinski definition) is 5. The zero-order chi connectivity index (χ0) is 22.7. The molecule has 1 aliphatic heterocycles. The summed E-state index contributed by atoms with van der Waals surface area (Å²) in [4.78, 5) is 16.9. The van der Waals surface area contributed by atoms with Crippen LogP contribution in [0.25, 0.3) is 11.3 Å². The standard InChI is InChI=1S/C26H27FN2O4/c27-20-7-3-2-6-19(20)23-15-28-25(33-23)11-10-24(30)29-16-26(12-4-1-5-13-26)18-8-9-21-22(14-18)32-17-31-21/h2-3,6-9,14-15H,1,4-5,10-13,16-17H2,(H,29,30). The molecule has 0 saturated heterocycles. The van der Waals surface area contributed by atoms with E-state index >= 15 is 0 Å². The number of amides is 1. The molecule has 1 aromatic heterocycles. The third-order valence-corrected chi connectivity index (χ3v) is 6.68. The Morgan fingerprint density at radius 1 is 1.06 bits per heavy atom. The van der Waals surface area contributed by atoms with E-state index in [0.29, 0.717) is 30.2 Å². The number of rotatable bonds is 7. The van der Waals surface area contributed by atoms with E-state index < -0.39 is 0 Å². The molecule has 7 heteroatoms. The van der Waals surface area contributed by atoms with E-state index in [4.69, 9.17) is 13.9 Å². The van der Waals surface area contributed by atoms with Crippen molar-refractivity contribution in [3.63, 3.8) is 0 Å². The number of ether oxygens (including phenoxy) is 2. The van der Waals surface area contributed by atoms with Gasteiger partial charge in [0.15, 0.2) is 23.1 Å². The van der Waals surface area contributed by atoms with Gasteiger partial charge in [0.05, 0.1) is 11.8 Å². The molecule has 1 N–H and O–H groups in total. The zero-order valence-electron chi connectivity index (χ0n) is 18.4. The Labute approximate surface area is 192 Å². The normalized spacial score (nSPS) is 16.5. The second kappa shape index (κ2) is 9.25. The Morgan fingerprint density at radius 3 is 2.73 bits per heavy atom. The van der Waals surface area contributed by atoms with Crippen LogP contribution in [0.15, 0.2) is 53.1 Å². The molecule has 1 amide bonds. The SMILES string of the molecule is O=C(CCc1ncc(-c2ccccc2F)o1)NCC1(c2ccc3c(c2)OCO3)CCCCC1. The van der Waals surface area contributed by atoms with E-state index in [-0.39, 0.29) is 30.4 Å². The van der Waals surface area contributed by atoms with Gasteiger partial charge in [0, 0.05) is 24.8 Å². The number of hydrogen-bond donors (Lipinski definition) is 1. The summed E-state index contributed by atoms with van der Waals surface area (Å²) in [7, 11) is 0. The molecule has 6 nitrogen and oxygen atoms in total. The first-order valence-corrected chi connectivity index (χ1v) is 11.5. The van der Waals surface area contributed by atoms with Gasteiger partial charge in [0.1, 0.15) is 5.82 Å². The lowest BCUT2D eigenvalue weighted by Gasteiger charge is -2.38. The molecule has 2 heterocycles. The van der Waals surface area contributed by atoms with Gasteiger partial charge in [-0.05, 0) is 42.7 Å². The third-order valence-electron chi connectivity index (χ3n) is 6.68. The van der Waals surface area contributed by atoms with E-state index in [1.807, 2.05) is 6.07 Å². The first-order chi connectivity index (χ1) is 16.1. The van der Waals surface area contributed by atoms with E-state index in [2.05, 4.69) is 22.4 Å². The Hall–Kier alpha value is -3.35. The fraction of sp³-hybridized carbons (Fsp3) is 0.385. The van der Waals surface area contributed by atoms with Gasteiger partial charge in [-0.2, -0.15) is 0 Å². The van der Waals surface area contributed by atoms with E-state index in [1.54, 1.807) is 18.2 Å². The van der Waals surface area contributed by atoms with Crippen molar-refractivity contribution in [2.75, 3.05) is 13.3 Å². The predicted molar refractivity (Wildman–Crippen MR) is 121 cm³/mol. The van der Waals surface area contributed by atoms with Gasteiger partial charge in [-0.3, -0.25) is 4.79 Å². The molecule has 1 fully saturated rings. The van der Waals surface area contributed by atoms with Gasteiger partial charge in [-0.1, -0.05) is 37.5 Å². The van der Waals surface area contributed by atoms with Crippen LogP contribution in [0.5, 0.6) is 11.5 Å². The van der Waals surface area contributed by atoms with Crippen LogP contribution in [0, 0.1) is 5.82 Å². The lowest BCUT2D eigenvalue weighted by atomic mass is 9.69. The number of oxazole rings is 1. The van der Waals surface area contributed by atoms with Gasteiger partial charge < -0.3 is 19.2 Å². The van der Waals surface area contributed by atoms with Crippen molar-refractivity contribution in [1.82, 2.24) is 10.3 Å². The molecule has 3 aromatic rings. The fourth-order valence-electron chi connectivity index (χ4n) is 4.81. The average Bonchev–Trinajstić information content (AvgIpc) is 3.51. The minimum atomic E-state index is -0.362. The first-order valence-electron chi connectivity index (χ1n) is 11.5. The minimum Gasteiger partial charge on any atom is -0.454 e. The quantitative estimate of drug-likeness (QED) is 0.538. The molecule has 1 aliphatic carbocycles. The number of benzene rings is 2. The Kier molecular flexibility index (Phi) is 6.03. The van der Waals surface area contributed by atoms with Crippen LogP contribution in [0.2, 0.25) is 0 Å². The summed E-state index contributed by atoms with van der Waals surface area (Å²) in [6, 6.07) is 12.5. The number of carbonyl (C=O) groups is 1. The predicted octanol–water partition coefficient (Wildman–Crippen LogP) is 5.16. The van der Waals surface area contributed by atoms with Crippen LogP contribution in [0.4, 0.5) is 4.39 Å². The molecule has 33 heavy (non-hydrogen) atoms. The van der Waals surface area contributed by atoms with Crippen molar-refractivity contribution in [1.29, 1.82) is 0 Å². The topological polar surface area (TPSA) is 73.6 Å². The molecule has 0 bridgehead atoms. The zero-order valence-corrected chi connectivity index (χ0v) is 18.4. The molecule has 2 aliphatic rings. The number of aryl methyl sites for hydroxylation is 1. The maximum atomic E-state index is 14.0. The summed E-state index contributed by atoms with van der Waals surface area (Å²) in [6.07, 6.45) is 7.67. The second-order valence-electron chi connectivity index (χ2n) is 8.78. The van der Waals surface area contributed by atoms with Crippen LogP contribution in [-0.4, -0.2) is 24.2 Å². The third kappa shape index (κ3) is 4.58. The fourth-order valence-corrected chi connectivity index (χ4v) is 4.81. The number of nitrogens with zero attached hydrogens (tertiary/aromatic N) is 1. The molecule has 1 saturated carbocycles. The summed E-state index contributed by atoms with van der Waals surface area (Å²) in [6.45, 7) is 0.833. The van der Waals surface area contributed by atoms with Crippen molar-refractivity contribution in [2.24, 2.45) is 0 Å². The number of aromatic nitrogens is 1. The van der Waals surface area contributed by atoms with Crippen molar-refractivity contribution in [3.05, 3.63) is 65.9 Å². The molecule has 0 atom stereocenters. The highest BCUT2D eigenvalue weighted by atomic mass is 19.1. The van der Waals surface area contributed by atoms with Crippen LogP contribution >= 0.6 is 0 Å². The Balaban J connectivity index is 1.21. The van der Waals surface area contributed by atoms with Gasteiger partial charge in [-0.25, -0.2) is 9.37 Å². The summed E-state index contributed by atoms with van der Waals surface area (Å²) >= 11 is 0. The number of halogens is 1. The van der Waals surface area contributed by atoms with Crippen LogP contribution < -0.4 is 14.8 Å². The van der Waals surface area contributed by atoms with Crippen molar-refractivity contribution < 1.29 is 23.1 Å². The smallest absolute Gasteiger partial charge is 0.231 e. The lowest BCUT2D eigenvalue weighted by Crippen LogP contribution is -2.42. The molecule has 172 valence electrons. The molecule has 0 spiro atoms. The monoisotopic (exact) mass is 450 g/mol. The van der Waals surface area contributed by atoms with Gasteiger partial charge in [0.2, 0.25) is 12.7 Å². The highest BCUT2D eigenvalue weighted by Crippen LogP contribution is 2.43. The molecular formula is C26H27FN2O4.